The zero-order chi connectivity index (χ0) is 21.6. The van der Waals surface area contributed by atoms with Crippen molar-refractivity contribution in [2.24, 2.45) is 0 Å². The molecule has 0 radical (unpaired) electrons. The highest BCUT2D eigenvalue weighted by Gasteiger charge is 2.13. The van der Waals surface area contributed by atoms with Gasteiger partial charge < -0.3 is 21.1 Å². The van der Waals surface area contributed by atoms with E-state index < -0.39 is 5.91 Å². The predicted octanol–water partition coefficient (Wildman–Crippen LogP) is 3.74. The van der Waals surface area contributed by atoms with Crippen LogP contribution in [-0.4, -0.2) is 51.5 Å². The summed E-state index contributed by atoms with van der Waals surface area (Å²) in [5.74, 6) is -0.0821. The summed E-state index contributed by atoms with van der Waals surface area (Å²) in [5.41, 5.74) is 1.45. The number of phenols is 1. The SMILES string of the molecule is O=C(Nc1cnc(Nc2ccc(SN3CCNCC3)cc2)nc1)c1cc(O)ccc1Cl. The number of anilines is 3. The van der Waals surface area contributed by atoms with Gasteiger partial charge in [-0.2, -0.15) is 0 Å². The van der Waals surface area contributed by atoms with Crippen molar-refractivity contribution >= 4 is 46.8 Å². The molecule has 10 heteroatoms. The van der Waals surface area contributed by atoms with Crippen LogP contribution in [0.2, 0.25) is 5.02 Å². The number of carbonyl (C=O) groups excluding carboxylic acids is 1. The van der Waals surface area contributed by atoms with Gasteiger partial charge in [-0.3, -0.25) is 4.79 Å². The van der Waals surface area contributed by atoms with Crippen molar-refractivity contribution in [1.29, 1.82) is 0 Å². The molecule has 0 unspecified atom stereocenters. The lowest BCUT2D eigenvalue weighted by Crippen LogP contribution is -2.39. The Hall–Kier alpha value is -2.85. The largest absolute Gasteiger partial charge is 0.508 e. The lowest BCUT2D eigenvalue weighted by atomic mass is 10.2. The Bertz CT molecular complexity index is 1040. The van der Waals surface area contributed by atoms with E-state index in [1.807, 2.05) is 12.1 Å². The molecule has 1 amide bonds. The number of halogens is 1. The lowest BCUT2D eigenvalue weighted by molar-refractivity contribution is 0.102. The summed E-state index contributed by atoms with van der Waals surface area (Å²) >= 11 is 7.77. The average Bonchev–Trinajstić information content (AvgIpc) is 2.79. The molecule has 1 aromatic heterocycles. The molecule has 31 heavy (non-hydrogen) atoms. The number of aromatic hydroxyl groups is 1. The molecule has 8 nitrogen and oxygen atoms in total. The summed E-state index contributed by atoms with van der Waals surface area (Å²) in [6.07, 6.45) is 3.00. The Morgan fingerprint density at radius 1 is 1.06 bits per heavy atom. The van der Waals surface area contributed by atoms with Crippen molar-refractivity contribution in [3.8, 4) is 5.75 Å². The second-order valence-corrected chi connectivity index (χ2v) is 8.41. The van der Waals surface area contributed by atoms with Crippen LogP contribution in [0.15, 0.2) is 59.8 Å². The van der Waals surface area contributed by atoms with Crippen LogP contribution >= 0.6 is 23.5 Å². The highest BCUT2D eigenvalue weighted by molar-refractivity contribution is 7.97. The van der Waals surface area contributed by atoms with Crippen LogP contribution < -0.4 is 16.0 Å². The van der Waals surface area contributed by atoms with Crippen LogP contribution in [0.1, 0.15) is 10.4 Å². The van der Waals surface area contributed by atoms with Crippen LogP contribution in [0.5, 0.6) is 5.75 Å². The van der Waals surface area contributed by atoms with Gasteiger partial charge in [-0.15, -0.1) is 0 Å². The van der Waals surface area contributed by atoms with Crippen LogP contribution in [0.4, 0.5) is 17.3 Å². The molecular weight excluding hydrogens is 436 g/mol. The van der Waals surface area contributed by atoms with E-state index in [9.17, 15) is 9.90 Å². The summed E-state index contributed by atoms with van der Waals surface area (Å²) in [6.45, 7) is 4.08. The maximum absolute atomic E-state index is 12.4. The monoisotopic (exact) mass is 456 g/mol. The van der Waals surface area contributed by atoms with E-state index in [2.05, 4.69) is 42.4 Å². The Kier molecular flexibility index (Phi) is 6.88. The van der Waals surface area contributed by atoms with Gasteiger partial charge in [-0.1, -0.05) is 11.6 Å². The molecule has 1 aliphatic heterocycles. The Labute approximate surface area is 189 Å². The Morgan fingerprint density at radius 3 is 2.48 bits per heavy atom. The summed E-state index contributed by atoms with van der Waals surface area (Å²) < 4.78 is 2.35. The summed E-state index contributed by atoms with van der Waals surface area (Å²) in [5, 5.41) is 18.9. The molecule has 160 valence electrons. The predicted molar refractivity (Wildman–Crippen MR) is 123 cm³/mol. The molecule has 1 aliphatic rings. The number of hydrogen-bond donors (Lipinski definition) is 4. The standard InChI is InChI=1S/C21H21ClN6O2S/c22-19-6-3-16(29)11-18(19)20(30)26-15-12-24-21(25-13-15)27-14-1-4-17(5-2-14)31-28-9-7-23-8-10-28/h1-6,11-13,23,29H,7-10H2,(H,26,30)(H,24,25,27). The first-order valence-corrected chi connectivity index (χ1v) is 10.8. The van der Waals surface area contributed by atoms with Crippen molar-refractivity contribution in [1.82, 2.24) is 19.6 Å². The first-order chi connectivity index (χ1) is 15.1. The minimum Gasteiger partial charge on any atom is -0.508 e. The number of aromatic nitrogens is 2. The van der Waals surface area contributed by atoms with E-state index in [1.165, 1.54) is 35.5 Å². The van der Waals surface area contributed by atoms with Gasteiger partial charge in [-0.05, 0) is 54.4 Å². The lowest BCUT2D eigenvalue weighted by Gasteiger charge is -2.25. The van der Waals surface area contributed by atoms with Gasteiger partial charge in [0, 0.05) is 36.8 Å². The molecule has 3 aromatic rings. The highest BCUT2D eigenvalue weighted by atomic mass is 35.5. The Balaban J connectivity index is 1.34. The normalized spacial score (nSPS) is 14.2. The van der Waals surface area contributed by atoms with Gasteiger partial charge in [0.2, 0.25) is 5.95 Å². The smallest absolute Gasteiger partial charge is 0.257 e. The Morgan fingerprint density at radius 2 is 1.77 bits per heavy atom. The molecule has 0 bridgehead atoms. The van der Waals surface area contributed by atoms with Crippen LogP contribution in [0.25, 0.3) is 0 Å². The third-order valence-corrected chi connectivity index (χ3v) is 5.96. The number of hydrogen-bond acceptors (Lipinski definition) is 8. The van der Waals surface area contributed by atoms with Crippen molar-refractivity contribution in [2.75, 3.05) is 36.8 Å². The van der Waals surface area contributed by atoms with Gasteiger partial charge in [0.25, 0.3) is 5.91 Å². The molecule has 0 atom stereocenters. The van der Waals surface area contributed by atoms with Gasteiger partial charge in [0.15, 0.2) is 0 Å². The number of phenolic OH excluding ortho intramolecular Hbond substituents is 1. The fraction of sp³-hybridized carbons (Fsp3) is 0.190. The van der Waals surface area contributed by atoms with Gasteiger partial charge in [0.05, 0.1) is 28.7 Å². The second-order valence-electron chi connectivity index (χ2n) is 6.83. The van der Waals surface area contributed by atoms with E-state index in [-0.39, 0.29) is 16.3 Å². The molecule has 4 N–H and O–H groups in total. The van der Waals surface area contributed by atoms with E-state index in [0.29, 0.717) is 11.6 Å². The van der Waals surface area contributed by atoms with Crippen LogP contribution in [0, 0.1) is 0 Å². The first-order valence-electron chi connectivity index (χ1n) is 9.69. The maximum Gasteiger partial charge on any atom is 0.257 e. The van der Waals surface area contributed by atoms with Crippen LogP contribution in [0.3, 0.4) is 0 Å². The van der Waals surface area contributed by atoms with E-state index in [1.54, 1.807) is 11.9 Å². The fourth-order valence-electron chi connectivity index (χ4n) is 2.96. The average molecular weight is 457 g/mol. The highest BCUT2D eigenvalue weighted by Crippen LogP contribution is 2.25. The van der Waals surface area contributed by atoms with E-state index in [4.69, 9.17) is 11.6 Å². The van der Waals surface area contributed by atoms with E-state index >= 15 is 0 Å². The van der Waals surface area contributed by atoms with Crippen LogP contribution in [-0.2, 0) is 0 Å². The third kappa shape index (κ3) is 5.86. The van der Waals surface area contributed by atoms with Gasteiger partial charge in [-0.25, -0.2) is 14.3 Å². The third-order valence-electron chi connectivity index (χ3n) is 4.53. The number of nitrogens with one attached hydrogen (secondary N) is 3. The van der Waals surface area contributed by atoms with Gasteiger partial charge >= 0.3 is 0 Å². The molecule has 1 fully saturated rings. The second kappa shape index (κ2) is 9.97. The zero-order valence-corrected chi connectivity index (χ0v) is 18.1. The number of carbonyl (C=O) groups is 1. The molecule has 4 rings (SSSR count). The van der Waals surface area contributed by atoms with Crippen molar-refractivity contribution in [2.45, 2.75) is 4.90 Å². The molecule has 2 heterocycles. The molecule has 1 saturated heterocycles. The summed E-state index contributed by atoms with van der Waals surface area (Å²) in [4.78, 5) is 22.0. The topological polar surface area (TPSA) is 102 Å². The maximum atomic E-state index is 12.4. The number of piperazine rings is 1. The quantitative estimate of drug-likeness (QED) is 0.416. The van der Waals surface area contributed by atoms with Crippen molar-refractivity contribution < 1.29 is 9.90 Å². The molecule has 0 spiro atoms. The summed E-state index contributed by atoms with van der Waals surface area (Å²) in [6, 6.07) is 12.3. The molecule has 0 saturated carbocycles. The minimum atomic E-state index is -0.456. The van der Waals surface area contributed by atoms with Gasteiger partial charge in [0.1, 0.15) is 5.75 Å². The molecule has 0 aliphatic carbocycles. The minimum absolute atomic E-state index is 0.0392. The van der Waals surface area contributed by atoms with Crippen molar-refractivity contribution in [3.63, 3.8) is 0 Å². The number of nitrogens with zero attached hydrogens (tertiary/aromatic N) is 3. The fourth-order valence-corrected chi connectivity index (χ4v) is 4.08. The van der Waals surface area contributed by atoms with E-state index in [0.717, 1.165) is 31.9 Å². The number of amides is 1. The molecule has 2 aromatic carbocycles. The summed E-state index contributed by atoms with van der Waals surface area (Å²) in [7, 11) is 0. The first kappa shape index (κ1) is 21.4. The number of rotatable bonds is 6. The zero-order valence-electron chi connectivity index (χ0n) is 16.5. The molecular formula is C21H21ClN6O2S. The number of benzene rings is 2. The van der Waals surface area contributed by atoms with Crippen molar-refractivity contribution in [3.05, 3.63) is 65.4 Å².